The van der Waals surface area contributed by atoms with Crippen LogP contribution in [-0.2, 0) is 0 Å². The van der Waals surface area contributed by atoms with Gasteiger partial charge >= 0.3 is 0 Å². The third-order valence-electron chi connectivity index (χ3n) is 5.58. The lowest BCUT2D eigenvalue weighted by Crippen LogP contribution is -2.47. The fraction of sp³-hybridized carbons (Fsp3) is 1.00. The van der Waals surface area contributed by atoms with Crippen LogP contribution in [0.3, 0.4) is 0 Å². The van der Waals surface area contributed by atoms with Crippen LogP contribution >= 0.6 is 11.8 Å². The number of rotatable bonds is 2. The highest BCUT2D eigenvalue weighted by atomic mass is 32.2. The van der Waals surface area contributed by atoms with Crippen LogP contribution in [0.5, 0.6) is 0 Å². The number of hydrogen-bond donors (Lipinski definition) is 0. The van der Waals surface area contributed by atoms with Crippen molar-refractivity contribution in [3.8, 4) is 0 Å². The molecule has 0 N–H and O–H groups in total. The maximum Gasteiger partial charge on any atom is 0.0223 e. The molecule has 0 spiro atoms. The second-order valence-electron chi connectivity index (χ2n) is 6.70. The van der Waals surface area contributed by atoms with Crippen molar-refractivity contribution in [3.63, 3.8) is 0 Å². The van der Waals surface area contributed by atoms with Gasteiger partial charge in [-0.25, -0.2) is 0 Å². The summed E-state index contributed by atoms with van der Waals surface area (Å²) in [7, 11) is 0. The summed E-state index contributed by atoms with van der Waals surface area (Å²) in [4.78, 5) is 5.66. The first-order chi connectivity index (χ1) is 9.36. The zero-order valence-electron chi connectivity index (χ0n) is 12.5. The van der Waals surface area contributed by atoms with Gasteiger partial charge in [0.05, 0.1) is 0 Å². The minimum Gasteiger partial charge on any atom is -0.299 e. The SMILES string of the molecule is CSC1CCC(N2CCCN3CCCCC3C2)CC1. The van der Waals surface area contributed by atoms with E-state index in [4.69, 9.17) is 0 Å². The lowest BCUT2D eigenvalue weighted by Gasteiger charge is -2.39. The van der Waals surface area contributed by atoms with E-state index in [1.807, 2.05) is 0 Å². The van der Waals surface area contributed by atoms with Crippen molar-refractivity contribution >= 4 is 11.8 Å². The summed E-state index contributed by atoms with van der Waals surface area (Å²) in [5, 5.41) is 0.953. The van der Waals surface area contributed by atoms with Crippen LogP contribution in [0.25, 0.3) is 0 Å². The molecule has 0 aromatic rings. The Hall–Kier alpha value is 0.270. The third kappa shape index (κ3) is 3.48. The predicted molar refractivity (Wildman–Crippen MR) is 85.0 cm³/mol. The molecular weight excluding hydrogens is 252 g/mol. The van der Waals surface area contributed by atoms with Crippen molar-refractivity contribution in [2.75, 3.05) is 32.4 Å². The smallest absolute Gasteiger partial charge is 0.0223 e. The summed E-state index contributed by atoms with van der Waals surface area (Å²) >= 11 is 2.09. The Morgan fingerprint density at radius 3 is 2.26 bits per heavy atom. The Morgan fingerprint density at radius 1 is 0.737 bits per heavy atom. The Kier molecular flexibility index (Phi) is 5.10. The lowest BCUT2D eigenvalue weighted by molar-refractivity contribution is 0.107. The van der Waals surface area contributed by atoms with E-state index in [0.29, 0.717) is 0 Å². The number of piperidine rings is 1. The van der Waals surface area contributed by atoms with E-state index in [2.05, 4.69) is 27.8 Å². The summed E-state index contributed by atoms with van der Waals surface area (Å²) in [6, 6.07) is 1.79. The molecule has 2 saturated heterocycles. The molecule has 3 rings (SSSR count). The molecule has 1 unspecified atom stereocenters. The standard InChI is InChI=1S/C16H30N2S/c1-19-16-8-6-14(7-9-16)18-12-4-11-17-10-3-2-5-15(17)13-18/h14-16H,2-13H2,1H3. The van der Waals surface area contributed by atoms with E-state index >= 15 is 0 Å². The fourth-order valence-corrected chi connectivity index (χ4v) is 5.12. The van der Waals surface area contributed by atoms with Crippen LogP contribution in [0, 0.1) is 0 Å². The summed E-state index contributed by atoms with van der Waals surface area (Å²) in [5.41, 5.74) is 0. The Balaban J connectivity index is 1.56. The Labute approximate surface area is 123 Å². The van der Waals surface area contributed by atoms with Crippen molar-refractivity contribution in [1.82, 2.24) is 9.80 Å². The molecule has 2 heterocycles. The van der Waals surface area contributed by atoms with Crippen LogP contribution in [0.4, 0.5) is 0 Å². The highest BCUT2D eigenvalue weighted by Crippen LogP contribution is 2.31. The molecule has 3 heteroatoms. The van der Waals surface area contributed by atoms with Gasteiger partial charge in [0.1, 0.15) is 0 Å². The van der Waals surface area contributed by atoms with Crippen LogP contribution in [-0.4, -0.2) is 59.6 Å². The van der Waals surface area contributed by atoms with Crippen molar-refractivity contribution in [2.45, 2.75) is 68.7 Å². The largest absolute Gasteiger partial charge is 0.299 e. The molecule has 110 valence electrons. The first kappa shape index (κ1) is 14.2. The first-order valence-corrected chi connectivity index (χ1v) is 9.66. The molecule has 3 aliphatic rings. The maximum atomic E-state index is 2.87. The van der Waals surface area contributed by atoms with Gasteiger partial charge in [0.25, 0.3) is 0 Å². The first-order valence-electron chi connectivity index (χ1n) is 8.37. The summed E-state index contributed by atoms with van der Waals surface area (Å²) < 4.78 is 0. The molecule has 0 radical (unpaired) electrons. The summed E-state index contributed by atoms with van der Waals surface area (Å²) in [6.07, 6.45) is 13.9. The average molecular weight is 282 g/mol. The van der Waals surface area contributed by atoms with Crippen molar-refractivity contribution in [3.05, 3.63) is 0 Å². The molecule has 0 aromatic carbocycles. The maximum absolute atomic E-state index is 2.87. The number of nitrogens with zero attached hydrogens (tertiary/aromatic N) is 2. The van der Waals surface area contributed by atoms with E-state index < -0.39 is 0 Å². The molecule has 19 heavy (non-hydrogen) atoms. The number of thioether (sulfide) groups is 1. The quantitative estimate of drug-likeness (QED) is 0.768. The zero-order valence-corrected chi connectivity index (χ0v) is 13.3. The molecule has 1 aliphatic carbocycles. The molecule has 1 saturated carbocycles. The number of fused-ring (bicyclic) bond motifs is 1. The Morgan fingerprint density at radius 2 is 1.47 bits per heavy atom. The second kappa shape index (κ2) is 6.82. The highest BCUT2D eigenvalue weighted by molar-refractivity contribution is 7.99. The zero-order chi connectivity index (χ0) is 13.1. The van der Waals surface area contributed by atoms with Crippen molar-refractivity contribution in [2.24, 2.45) is 0 Å². The van der Waals surface area contributed by atoms with Crippen molar-refractivity contribution in [1.29, 1.82) is 0 Å². The molecule has 3 fully saturated rings. The van der Waals surface area contributed by atoms with E-state index in [-0.39, 0.29) is 0 Å². The Bertz CT molecular complexity index is 276. The van der Waals surface area contributed by atoms with E-state index in [1.54, 1.807) is 0 Å². The van der Waals surface area contributed by atoms with Crippen molar-refractivity contribution < 1.29 is 0 Å². The van der Waals surface area contributed by atoms with Gasteiger partial charge in [-0.2, -0.15) is 11.8 Å². The minimum absolute atomic E-state index is 0.884. The molecule has 0 bridgehead atoms. The average Bonchev–Trinajstić information content (AvgIpc) is 2.69. The second-order valence-corrected chi connectivity index (χ2v) is 7.84. The molecule has 0 amide bonds. The summed E-state index contributed by atoms with van der Waals surface area (Å²) in [6.45, 7) is 5.47. The monoisotopic (exact) mass is 282 g/mol. The van der Waals surface area contributed by atoms with Crippen LogP contribution < -0.4 is 0 Å². The topological polar surface area (TPSA) is 6.48 Å². The van der Waals surface area contributed by atoms with Gasteiger partial charge in [-0.3, -0.25) is 9.80 Å². The van der Waals surface area contributed by atoms with Gasteiger partial charge in [-0.05, 0) is 70.8 Å². The van der Waals surface area contributed by atoms with Crippen LogP contribution in [0.15, 0.2) is 0 Å². The van der Waals surface area contributed by atoms with Gasteiger partial charge in [0.2, 0.25) is 0 Å². The molecule has 0 aromatic heterocycles. The fourth-order valence-electron chi connectivity index (χ4n) is 4.38. The van der Waals surface area contributed by atoms with E-state index in [9.17, 15) is 0 Å². The van der Waals surface area contributed by atoms with Gasteiger partial charge < -0.3 is 0 Å². The molecule has 2 aliphatic heterocycles. The number of hydrogen-bond acceptors (Lipinski definition) is 3. The van der Waals surface area contributed by atoms with E-state index in [1.165, 1.54) is 77.5 Å². The predicted octanol–water partition coefficient (Wildman–Crippen LogP) is 3.22. The van der Waals surface area contributed by atoms with Crippen LogP contribution in [0.1, 0.15) is 51.4 Å². The molecular formula is C16H30N2S. The molecule has 1 atom stereocenters. The normalized spacial score (nSPS) is 38.7. The molecule has 2 nitrogen and oxygen atoms in total. The lowest BCUT2D eigenvalue weighted by atomic mass is 9.93. The van der Waals surface area contributed by atoms with Gasteiger partial charge in [-0.15, -0.1) is 0 Å². The van der Waals surface area contributed by atoms with Gasteiger partial charge in [-0.1, -0.05) is 6.42 Å². The third-order valence-corrected chi connectivity index (χ3v) is 6.72. The van der Waals surface area contributed by atoms with Gasteiger partial charge in [0, 0.05) is 23.9 Å². The van der Waals surface area contributed by atoms with E-state index in [0.717, 1.165) is 17.3 Å². The minimum atomic E-state index is 0.884. The van der Waals surface area contributed by atoms with Crippen LogP contribution in [0.2, 0.25) is 0 Å². The van der Waals surface area contributed by atoms with Gasteiger partial charge in [0.15, 0.2) is 0 Å². The highest BCUT2D eigenvalue weighted by Gasteiger charge is 2.31. The summed E-state index contributed by atoms with van der Waals surface area (Å²) in [5.74, 6) is 0.